The molecule has 0 radical (unpaired) electrons. The lowest BCUT2D eigenvalue weighted by Gasteiger charge is -2.36. The van der Waals surface area contributed by atoms with Crippen LogP contribution in [0.15, 0.2) is 12.4 Å². The Morgan fingerprint density at radius 1 is 1.67 bits per heavy atom. The summed E-state index contributed by atoms with van der Waals surface area (Å²) in [6.45, 7) is 2.18. The minimum atomic E-state index is -0.207. The molecule has 4 N–H and O–H groups in total. The van der Waals surface area contributed by atoms with E-state index in [1.807, 2.05) is 19.4 Å². The molecule has 1 saturated heterocycles. The highest BCUT2D eigenvalue weighted by atomic mass is 16.1. The number of nitrogens with two attached hydrogens (primary N) is 2. The molecule has 0 saturated carbocycles. The number of hydrogen-bond acceptors (Lipinski definition) is 4. The third kappa shape index (κ3) is 2.70. The van der Waals surface area contributed by atoms with Crippen LogP contribution in [-0.4, -0.2) is 40.2 Å². The first kappa shape index (κ1) is 13.0. The maximum absolute atomic E-state index is 11.3. The summed E-state index contributed by atoms with van der Waals surface area (Å²) in [5.74, 6) is -0.258. The van der Waals surface area contributed by atoms with Crippen LogP contribution in [0.5, 0.6) is 0 Å². The lowest BCUT2D eigenvalue weighted by Crippen LogP contribution is -2.44. The molecule has 1 aromatic rings. The molecule has 0 bridgehead atoms. The van der Waals surface area contributed by atoms with Crippen molar-refractivity contribution < 1.29 is 4.79 Å². The van der Waals surface area contributed by atoms with Crippen molar-refractivity contribution in [2.75, 3.05) is 19.6 Å². The summed E-state index contributed by atoms with van der Waals surface area (Å²) in [4.78, 5) is 13.5. The topological polar surface area (TPSA) is 90.2 Å². The number of aromatic nitrogens is 2. The van der Waals surface area contributed by atoms with Gasteiger partial charge in [-0.1, -0.05) is 0 Å². The van der Waals surface area contributed by atoms with Crippen LogP contribution in [0.25, 0.3) is 0 Å². The van der Waals surface area contributed by atoms with Crippen LogP contribution in [0, 0.1) is 5.92 Å². The first-order valence-electron chi connectivity index (χ1n) is 6.33. The standard InChI is InChI=1S/C12H21N5O/c1-16-7-10(6-15-16)11(5-13)17-4-2-3-9(8-17)12(14)18/h6-7,9,11H,2-5,8,13H2,1H3,(H2,14,18). The maximum atomic E-state index is 11.3. The molecular weight excluding hydrogens is 230 g/mol. The minimum Gasteiger partial charge on any atom is -0.369 e. The van der Waals surface area contributed by atoms with Gasteiger partial charge >= 0.3 is 0 Å². The van der Waals surface area contributed by atoms with Crippen LogP contribution in [0.3, 0.4) is 0 Å². The third-order valence-corrected chi connectivity index (χ3v) is 3.63. The van der Waals surface area contributed by atoms with Gasteiger partial charge in [0, 0.05) is 31.9 Å². The van der Waals surface area contributed by atoms with Gasteiger partial charge in [-0.05, 0) is 19.4 Å². The van der Waals surface area contributed by atoms with Gasteiger partial charge in [-0.25, -0.2) is 0 Å². The van der Waals surface area contributed by atoms with Crippen molar-refractivity contribution in [3.05, 3.63) is 18.0 Å². The molecule has 6 nitrogen and oxygen atoms in total. The van der Waals surface area contributed by atoms with Gasteiger partial charge < -0.3 is 11.5 Å². The number of amides is 1. The molecule has 2 rings (SSSR count). The summed E-state index contributed by atoms with van der Waals surface area (Å²) in [5, 5.41) is 4.18. The Morgan fingerprint density at radius 3 is 3.00 bits per heavy atom. The monoisotopic (exact) mass is 251 g/mol. The van der Waals surface area contributed by atoms with E-state index < -0.39 is 0 Å². The van der Waals surface area contributed by atoms with E-state index in [0.717, 1.165) is 24.9 Å². The van der Waals surface area contributed by atoms with Crippen molar-refractivity contribution >= 4 is 5.91 Å². The van der Waals surface area contributed by atoms with Crippen molar-refractivity contribution in [2.45, 2.75) is 18.9 Å². The van der Waals surface area contributed by atoms with E-state index in [4.69, 9.17) is 11.5 Å². The normalized spacial score (nSPS) is 22.9. The number of rotatable bonds is 4. The van der Waals surface area contributed by atoms with Crippen LogP contribution >= 0.6 is 0 Å². The van der Waals surface area contributed by atoms with E-state index in [1.54, 1.807) is 4.68 Å². The fraction of sp³-hybridized carbons (Fsp3) is 0.667. The van der Waals surface area contributed by atoms with Crippen molar-refractivity contribution in [3.8, 4) is 0 Å². The largest absolute Gasteiger partial charge is 0.369 e. The van der Waals surface area contributed by atoms with Crippen LogP contribution in [0.4, 0.5) is 0 Å². The molecule has 6 heteroatoms. The van der Waals surface area contributed by atoms with E-state index in [9.17, 15) is 4.79 Å². The number of aryl methyl sites for hydroxylation is 1. The number of likely N-dealkylation sites (tertiary alicyclic amines) is 1. The summed E-state index contributed by atoms with van der Waals surface area (Å²) >= 11 is 0. The zero-order valence-corrected chi connectivity index (χ0v) is 10.7. The predicted octanol–water partition coefficient (Wildman–Crippen LogP) is -0.383. The number of carbonyl (C=O) groups is 1. The highest BCUT2D eigenvalue weighted by molar-refractivity contribution is 5.76. The first-order chi connectivity index (χ1) is 8.61. The van der Waals surface area contributed by atoms with Crippen molar-refractivity contribution in [1.29, 1.82) is 0 Å². The third-order valence-electron chi connectivity index (χ3n) is 3.63. The molecule has 2 unspecified atom stereocenters. The Bertz CT molecular complexity index is 416. The molecule has 1 aliphatic heterocycles. The zero-order valence-electron chi connectivity index (χ0n) is 10.7. The average Bonchev–Trinajstić information content (AvgIpc) is 2.77. The van der Waals surface area contributed by atoms with E-state index in [1.165, 1.54) is 0 Å². The molecule has 100 valence electrons. The quantitative estimate of drug-likeness (QED) is 0.763. The molecule has 0 aromatic carbocycles. The lowest BCUT2D eigenvalue weighted by molar-refractivity contribution is -0.123. The van der Waals surface area contributed by atoms with E-state index in [0.29, 0.717) is 13.1 Å². The highest BCUT2D eigenvalue weighted by Gasteiger charge is 2.29. The van der Waals surface area contributed by atoms with Crippen LogP contribution in [0.2, 0.25) is 0 Å². The van der Waals surface area contributed by atoms with Crippen LogP contribution < -0.4 is 11.5 Å². The predicted molar refractivity (Wildman–Crippen MR) is 68.5 cm³/mol. The fourth-order valence-corrected chi connectivity index (χ4v) is 2.63. The number of carbonyl (C=O) groups excluding carboxylic acids is 1. The lowest BCUT2D eigenvalue weighted by atomic mass is 9.95. The number of primary amides is 1. The number of piperidine rings is 1. The number of hydrogen-bond donors (Lipinski definition) is 2. The molecule has 1 amide bonds. The average molecular weight is 251 g/mol. The molecule has 1 aromatic heterocycles. The summed E-state index contributed by atoms with van der Waals surface area (Å²) < 4.78 is 1.77. The van der Waals surface area contributed by atoms with Gasteiger partial charge in [-0.3, -0.25) is 14.4 Å². The summed E-state index contributed by atoms with van der Waals surface area (Å²) in [6.07, 6.45) is 5.69. The smallest absolute Gasteiger partial charge is 0.221 e. The van der Waals surface area contributed by atoms with Gasteiger partial charge in [0.1, 0.15) is 0 Å². The van der Waals surface area contributed by atoms with Gasteiger partial charge in [0.2, 0.25) is 5.91 Å². The maximum Gasteiger partial charge on any atom is 0.221 e. The fourth-order valence-electron chi connectivity index (χ4n) is 2.63. The van der Waals surface area contributed by atoms with Gasteiger partial charge in [-0.15, -0.1) is 0 Å². The Hall–Kier alpha value is -1.40. The SMILES string of the molecule is Cn1cc(C(CN)N2CCCC(C(N)=O)C2)cn1. The second-order valence-corrected chi connectivity index (χ2v) is 4.94. The first-order valence-corrected chi connectivity index (χ1v) is 6.33. The van der Waals surface area contributed by atoms with Crippen LogP contribution in [0.1, 0.15) is 24.4 Å². The summed E-state index contributed by atoms with van der Waals surface area (Å²) in [7, 11) is 1.89. The van der Waals surface area contributed by atoms with E-state index in [-0.39, 0.29) is 17.9 Å². The van der Waals surface area contributed by atoms with Crippen LogP contribution in [-0.2, 0) is 11.8 Å². The molecular formula is C12H21N5O. The van der Waals surface area contributed by atoms with Gasteiger partial charge in [-0.2, -0.15) is 5.10 Å². The minimum absolute atomic E-state index is 0.0514. The molecule has 2 atom stereocenters. The van der Waals surface area contributed by atoms with Gasteiger partial charge in [0.15, 0.2) is 0 Å². The Balaban J connectivity index is 2.10. The zero-order chi connectivity index (χ0) is 13.1. The molecule has 18 heavy (non-hydrogen) atoms. The van der Waals surface area contributed by atoms with Crippen molar-refractivity contribution in [1.82, 2.24) is 14.7 Å². The highest BCUT2D eigenvalue weighted by Crippen LogP contribution is 2.25. The molecule has 2 heterocycles. The van der Waals surface area contributed by atoms with Crippen molar-refractivity contribution in [2.24, 2.45) is 24.4 Å². The van der Waals surface area contributed by atoms with Gasteiger partial charge in [0.05, 0.1) is 18.2 Å². The second kappa shape index (κ2) is 5.49. The van der Waals surface area contributed by atoms with Crippen molar-refractivity contribution in [3.63, 3.8) is 0 Å². The Morgan fingerprint density at radius 2 is 2.44 bits per heavy atom. The van der Waals surface area contributed by atoms with Gasteiger partial charge in [0.25, 0.3) is 0 Å². The molecule has 1 aliphatic rings. The summed E-state index contributed by atoms with van der Waals surface area (Å²) in [5.41, 5.74) is 12.4. The molecule has 1 fully saturated rings. The number of nitrogens with zero attached hydrogens (tertiary/aromatic N) is 3. The van der Waals surface area contributed by atoms with E-state index >= 15 is 0 Å². The molecule has 0 spiro atoms. The second-order valence-electron chi connectivity index (χ2n) is 4.94. The Kier molecular flexibility index (Phi) is 3.98. The molecule has 0 aliphatic carbocycles. The Labute approximate surface area is 107 Å². The summed E-state index contributed by atoms with van der Waals surface area (Å²) in [6, 6.07) is 0.126. The van der Waals surface area contributed by atoms with E-state index in [2.05, 4.69) is 10.00 Å².